The Balaban J connectivity index is 1.83. The first-order valence-electron chi connectivity index (χ1n) is 6.27. The molecule has 3 nitrogen and oxygen atoms in total. The van der Waals surface area contributed by atoms with Gasteiger partial charge in [0.15, 0.2) is 0 Å². The summed E-state index contributed by atoms with van der Waals surface area (Å²) in [6.45, 7) is 0.302. The Bertz CT molecular complexity index is 428. The zero-order chi connectivity index (χ0) is 13.0. The molecule has 0 aromatic heterocycles. The minimum Gasteiger partial charge on any atom is -0.461 e. The monoisotopic (exact) mass is 311 g/mol. The van der Waals surface area contributed by atoms with E-state index in [0.29, 0.717) is 13.0 Å². The van der Waals surface area contributed by atoms with Gasteiger partial charge in [0.2, 0.25) is 0 Å². The average Bonchev–Trinajstić information content (AvgIpc) is 2.74. The maximum absolute atomic E-state index is 11.8. The second-order valence-corrected chi connectivity index (χ2v) is 5.85. The molecule has 1 saturated carbocycles. The Kier molecular flexibility index (Phi) is 4.40. The fourth-order valence-corrected chi connectivity index (χ4v) is 2.77. The quantitative estimate of drug-likeness (QED) is 0.869. The van der Waals surface area contributed by atoms with E-state index in [0.717, 1.165) is 35.7 Å². The first kappa shape index (κ1) is 13.6. The number of carbonyl (C=O) groups is 1. The predicted molar refractivity (Wildman–Crippen MR) is 73.9 cm³/mol. The van der Waals surface area contributed by atoms with Crippen LogP contribution in [0.3, 0.4) is 0 Å². The van der Waals surface area contributed by atoms with E-state index in [1.54, 1.807) is 0 Å². The highest BCUT2D eigenvalue weighted by Gasteiger charge is 2.32. The lowest BCUT2D eigenvalue weighted by atomic mass is 9.95. The van der Waals surface area contributed by atoms with E-state index in [1.165, 1.54) is 0 Å². The zero-order valence-corrected chi connectivity index (χ0v) is 11.9. The fraction of sp³-hybridized carbons (Fsp3) is 0.500. The lowest BCUT2D eigenvalue weighted by Crippen LogP contribution is -2.39. The van der Waals surface area contributed by atoms with Crippen LogP contribution in [-0.4, -0.2) is 11.5 Å². The number of halogens is 1. The minimum absolute atomic E-state index is 0.199. The molecule has 1 aliphatic rings. The smallest absolute Gasteiger partial charge is 0.307 e. The highest BCUT2D eigenvalue weighted by atomic mass is 79.9. The number of ether oxygens (including phenoxy) is 1. The lowest BCUT2D eigenvalue weighted by molar-refractivity contribution is -0.146. The third-order valence-electron chi connectivity index (χ3n) is 3.44. The Morgan fingerprint density at radius 1 is 1.33 bits per heavy atom. The molecule has 0 unspecified atom stereocenters. The normalized spacial score (nSPS) is 17.7. The van der Waals surface area contributed by atoms with Gasteiger partial charge in [-0.25, -0.2) is 0 Å². The van der Waals surface area contributed by atoms with Crippen LogP contribution in [0.4, 0.5) is 0 Å². The molecular formula is C14H18BrNO2. The van der Waals surface area contributed by atoms with Gasteiger partial charge in [0.1, 0.15) is 6.61 Å². The minimum atomic E-state index is -0.328. The molecule has 0 aliphatic heterocycles. The third-order valence-corrected chi connectivity index (χ3v) is 4.22. The second-order valence-electron chi connectivity index (χ2n) is 5.00. The summed E-state index contributed by atoms with van der Waals surface area (Å²) in [6.07, 6.45) is 4.42. The van der Waals surface area contributed by atoms with Crippen LogP contribution in [0, 0.1) is 0 Å². The summed E-state index contributed by atoms with van der Waals surface area (Å²) in [4.78, 5) is 11.8. The van der Waals surface area contributed by atoms with E-state index >= 15 is 0 Å². The molecular weight excluding hydrogens is 294 g/mol. The van der Waals surface area contributed by atoms with Gasteiger partial charge < -0.3 is 10.5 Å². The van der Waals surface area contributed by atoms with Crippen LogP contribution < -0.4 is 5.73 Å². The molecule has 1 aliphatic carbocycles. The first-order chi connectivity index (χ1) is 8.59. The van der Waals surface area contributed by atoms with E-state index in [2.05, 4.69) is 15.9 Å². The topological polar surface area (TPSA) is 52.3 Å². The van der Waals surface area contributed by atoms with Crippen molar-refractivity contribution >= 4 is 21.9 Å². The number of rotatable bonds is 4. The molecule has 0 spiro atoms. The van der Waals surface area contributed by atoms with Gasteiger partial charge in [-0.3, -0.25) is 4.79 Å². The van der Waals surface area contributed by atoms with Gasteiger partial charge in [-0.2, -0.15) is 0 Å². The van der Waals surface area contributed by atoms with Gasteiger partial charge in [0.25, 0.3) is 0 Å². The highest BCUT2D eigenvalue weighted by Crippen LogP contribution is 2.30. The van der Waals surface area contributed by atoms with Gasteiger partial charge in [-0.1, -0.05) is 47.0 Å². The van der Waals surface area contributed by atoms with Crippen molar-refractivity contribution < 1.29 is 9.53 Å². The lowest BCUT2D eigenvalue weighted by Gasteiger charge is -2.22. The van der Waals surface area contributed by atoms with Crippen LogP contribution in [0.25, 0.3) is 0 Å². The summed E-state index contributed by atoms with van der Waals surface area (Å²) in [5.41, 5.74) is 6.80. The van der Waals surface area contributed by atoms with Crippen LogP contribution >= 0.6 is 15.9 Å². The van der Waals surface area contributed by atoms with Crippen LogP contribution in [-0.2, 0) is 16.1 Å². The van der Waals surface area contributed by atoms with Crippen molar-refractivity contribution in [2.75, 3.05) is 0 Å². The summed E-state index contributed by atoms with van der Waals surface area (Å²) < 4.78 is 6.25. The molecule has 0 atom stereocenters. The third kappa shape index (κ3) is 3.56. The Labute approximate surface area is 116 Å². The van der Waals surface area contributed by atoms with Crippen molar-refractivity contribution in [1.82, 2.24) is 0 Å². The van der Waals surface area contributed by atoms with Crippen LogP contribution in [0.2, 0.25) is 0 Å². The SMILES string of the molecule is NC1(CC(=O)OCc2ccccc2Br)CCCC1. The molecule has 1 fully saturated rings. The highest BCUT2D eigenvalue weighted by molar-refractivity contribution is 9.10. The van der Waals surface area contributed by atoms with Crippen molar-refractivity contribution in [3.63, 3.8) is 0 Å². The number of nitrogens with two attached hydrogens (primary N) is 1. The molecule has 0 radical (unpaired) electrons. The maximum Gasteiger partial charge on any atom is 0.307 e. The molecule has 0 amide bonds. The Morgan fingerprint density at radius 3 is 2.67 bits per heavy atom. The van der Waals surface area contributed by atoms with Crippen molar-refractivity contribution in [3.8, 4) is 0 Å². The van der Waals surface area contributed by atoms with Gasteiger partial charge in [0, 0.05) is 15.6 Å². The van der Waals surface area contributed by atoms with Crippen molar-refractivity contribution in [2.45, 2.75) is 44.2 Å². The first-order valence-corrected chi connectivity index (χ1v) is 7.06. The maximum atomic E-state index is 11.8. The predicted octanol–water partition coefficient (Wildman–Crippen LogP) is 3.15. The number of benzene rings is 1. The second kappa shape index (κ2) is 5.85. The van der Waals surface area contributed by atoms with E-state index < -0.39 is 0 Å². The number of carbonyl (C=O) groups excluding carboxylic acids is 1. The number of hydrogen-bond acceptors (Lipinski definition) is 3. The van der Waals surface area contributed by atoms with E-state index in [1.807, 2.05) is 24.3 Å². The van der Waals surface area contributed by atoms with Gasteiger partial charge >= 0.3 is 5.97 Å². The molecule has 0 bridgehead atoms. The summed E-state index contributed by atoms with van der Waals surface area (Å²) in [5, 5.41) is 0. The summed E-state index contributed by atoms with van der Waals surface area (Å²) in [5.74, 6) is -0.199. The van der Waals surface area contributed by atoms with Crippen molar-refractivity contribution in [2.24, 2.45) is 5.73 Å². The molecule has 1 aromatic rings. The van der Waals surface area contributed by atoms with E-state index in [-0.39, 0.29) is 11.5 Å². The number of hydrogen-bond donors (Lipinski definition) is 1. The molecule has 98 valence electrons. The molecule has 18 heavy (non-hydrogen) atoms. The number of esters is 1. The summed E-state index contributed by atoms with van der Waals surface area (Å²) in [7, 11) is 0. The molecule has 2 rings (SSSR count). The molecule has 1 aromatic carbocycles. The van der Waals surface area contributed by atoms with Gasteiger partial charge in [0.05, 0.1) is 6.42 Å². The molecule has 2 N–H and O–H groups in total. The zero-order valence-electron chi connectivity index (χ0n) is 10.3. The average molecular weight is 312 g/mol. The van der Waals surface area contributed by atoms with Crippen molar-refractivity contribution in [3.05, 3.63) is 34.3 Å². The van der Waals surface area contributed by atoms with Crippen LogP contribution in [0.1, 0.15) is 37.7 Å². The molecule has 0 heterocycles. The standard InChI is InChI=1S/C14H18BrNO2/c15-12-6-2-1-5-11(12)10-18-13(17)9-14(16)7-3-4-8-14/h1-2,5-6H,3-4,7-10,16H2. The van der Waals surface area contributed by atoms with E-state index in [4.69, 9.17) is 10.5 Å². The Hall–Kier alpha value is -0.870. The van der Waals surface area contributed by atoms with Gasteiger partial charge in [-0.15, -0.1) is 0 Å². The molecule has 4 heteroatoms. The molecule has 0 saturated heterocycles. The summed E-state index contributed by atoms with van der Waals surface area (Å²) in [6, 6.07) is 7.73. The van der Waals surface area contributed by atoms with Crippen LogP contribution in [0.15, 0.2) is 28.7 Å². The summed E-state index contributed by atoms with van der Waals surface area (Å²) >= 11 is 3.43. The van der Waals surface area contributed by atoms with Gasteiger partial charge in [-0.05, 0) is 18.9 Å². The fourth-order valence-electron chi connectivity index (χ4n) is 2.37. The van der Waals surface area contributed by atoms with Crippen LogP contribution in [0.5, 0.6) is 0 Å². The Morgan fingerprint density at radius 2 is 2.00 bits per heavy atom. The van der Waals surface area contributed by atoms with Crippen molar-refractivity contribution in [1.29, 1.82) is 0 Å². The van der Waals surface area contributed by atoms with E-state index in [9.17, 15) is 4.79 Å². The largest absolute Gasteiger partial charge is 0.461 e.